The van der Waals surface area contributed by atoms with Crippen molar-refractivity contribution in [2.75, 3.05) is 0 Å². The molecule has 0 aliphatic heterocycles. The summed E-state index contributed by atoms with van der Waals surface area (Å²) in [5, 5.41) is 5.84. The molecule has 8 bridgehead atoms. The maximum absolute atomic E-state index is 13.9. The van der Waals surface area contributed by atoms with Crippen molar-refractivity contribution in [1.82, 2.24) is 0 Å². The van der Waals surface area contributed by atoms with Crippen LogP contribution in [0.4, 0.5) is 13.6 Å². The van der Waals surface area contributed by atoms with Crippen LogP contribution in [0.3, 0.4) is 0 Å². The molecule has 0 heterocycles. The highest BCUT2D eigenvalue weighted by Crippen LogP contribution is 2.62. The van der Waals surface area contributed by atoms with E-state index in [2.05, 4.69) is 0 Å². The second kappa shape index (κ2) is 7.06. The van der Waals surface area contributed by atoms with Gasteiger partial charge in [0.15, 0.2) is 0 Å². The topological polar surface area (TPSA) is 136 Å². The Morgan fingerprint density at radius 1 is 0.743 bits per heavy atom. The number of esters is 1. The molecule has 2 N–H and O–H groups in total. The summed E-state index contributed by atoms with van der Waals surface area (Å²) in [6, 6.07) is 0. The summed E-state index contributed by atoms with van der Waals surface area (Å²) in [5.74, 6) is -1.80. The summed E-state index contributed by atoms with van der Waals surface area (Å²) in [4.78, 5) is 25.2. The number of carbonyl (C=O) groups is 2. The van der Waals surface area contributed by atoms with Gasteiger partial charge in [-0.1, -0.05) is 0 Å². The Morgan fingerprint density at radius 2 is 1.14 bits per heavy atom. The Kier molecular flexibility index (Phi) is 4.81. The summed E-state index contributed by atoms with van der Waals surface area (Å²) in [5.41, 5.74) is -4.04. The Hall–Kier alpha value is -1.53. The Labute approximate surface area is 201 Å². The van der Waals surface area contributed by atoms with Crippen molar-refractivity contribution in [3.05, 3.63) is 0 Å². The zero-order chi connectivity index (χ0) is 25.1. The Morgan fingerprint density at radius 3 is 1.57 bits per heavy atom. The second-order valence-corrected chi connectivity index (χ2v) is 14.0. The lowest BCUT2D eigenvalue weighted by Gasteiger charge is -2.60. The Bertz CT molecular complexity index is 1040. The van der Waals surface area contributed by atoms with Crippen LogP contribution in [0.2, 0.25) is 0 Å². The first-order chi connectivity index (χ1) is 16.1. The van der Waals surface area contributed by atoms with Gasteiger partial charge < -0.3 is 19.3 Å². The van der Waals surface area contributed by atoms with E-state index in [0.29, 0.717) is 43.9 Å². The number of ether oxygens (including phenoxy) is 3. The molecule has 0 spiro atoms. The van der Waals surface area contributed by atoms with Crippen LogP contribution in [0, 0.1) is 23.7 Å². The van der Waals surface area contributed by atoms with Gasteiger partial charge in [0.05, 0.1) is 5.60 Å². The zero-order valence-corrected chi connectivity index (χ0v) is 20.0. The van der Waals surface area contributed by atoms with Crippen molar-refractivity contribution < 1.29 is 50.7 Å². The molecule has 12 heteroatoms. The number of hydrogen-bond acceptors (Lipinski definition) is 8. The highest BCUT2D eigenvalue weighted by molar-refractivity contribution is 7.87. The molecule has 4 unspecified atom stereocenters. The third kappa shape index (κ3) is 3.85. The third-order valence-corrected chi connectivity index (χ3v) is 10.2. The van der Waals surface area contributed by atoms with Crippen molar-refractivity contribution in [3.8, 4) is 0 Å². The van der Waals surface area contributed by atoms with Crippen LogP contribution in [-0.2, 0) is 29.1 Å². The van der Waals surface area contributed by atoms with Crippen LogP contribution < -0.4 is 0 Å². The lowest BCUT2D eigenvalue weighted by molar-refractivity contribution is -0.241. The maximum Gasteiger partial charge on any atom is 0.509 e. The fourth-order valence-electron chi connectivity index (χ4n) is 9.32. The fourth-order valence-corrected chi connectivity index (χ4v) is 9.57. The molecule has 0 aromatic carbocycles. The van der Waals surface area contributed by atoms with Crippen molar-refractivity contribution in [3.63, 3.8) is 0 Å². The average molecular weight is 521 g/mol. The lowest BCUT2D eigenvalue weighted by atomic mass is 9.52. The monoisotopic (exact) mass is 520 g/mol. The molecular weight excluding hydrogens is 490 g/mol. The van der Waals surface area contributed by atoms with Crippen LogP contribution in [0.15, 0.2) is 0 Å². The highest BCUT2D eigenvalue weighted by atomic mass is 32.2. The molecule has 8 saturated carbocycles. The van der Waals surface area contributed by atoms with Crippen LogP contribution >= 0.6 is 0 Å². The molecular formula is C23H30F2O9S. The van der Waals surface area contributed by atoms with Gasteiger partial charge in [0.25, 0.3) is 0 Å². The van der Waals surface area contributed by atoms with Crippen molar-refractivity contribution >= 4 is 22.2 Å². The van der Waals surface area contributed by atoms with Gasteiger partial charge >= 0.3 is 27.5 Å². The molecule has 196 valence electrons. The van der Waals surface area contributed by atoms with E-state index in [1.807, 2.05) is 0 Å². The lowest BCUT2D eigenvalue weighted by Crippen LogP contribution is -2.63. The molecule has 0 radical (unpaired) electrons. The first-order valence-corrected chi connectivity index (χ1v) is 13.8. The summed E-state index contributed by atoms with van der Waals surface area (Å²) < 4.78 is 75.6. The summed E-state index contributed by atoms with van der Waals surface area (Å²) in [7, 11) is -5.98. The number of carbonyl (C=O) groups excluding carboxylic acids is 2. The molecule has 0 saturated heterocycles. The normalized spacial score (nSPS) is 47.5. The molecule has 9 nitrogen and oxygen atoms in total. The summed E-state index contributed by atoms with van der Waals surface area (Å²) in [6.07, 6.45) is 5.59. The van der Waals surface area contributed by atoms with Gasteiger partial charge in [-0.2, -0.15) is 17.2 Å². The van der Waals surface area contributed by atoms with Gasteiger partial charge in [-0.25, -0.2) is 9.59 Å². The van der Waals surface area contributed by atoms with Crippen LogP contribution in [0.25, 0.3) is 0 Å². The molecule has 8 aliphatic rings. The third-order valence-electron chi connectivity index (χ3n) is 9.40. The maximum atomic E-state index is 13.9. The predicted octanol–water partition coefficient (Wildman–Crippen LogP) is 3.34. The number of halogens is 2. The molecule has 8 fully saturated rings. The largest absolute Gasteiger partial charge is 0.509 e. The van der Waals surface area contributed by atoms with Gasteiger partial charge in [0.2, 0.25) is 0 Å². The Balaban J connectivity index is 1.18. The minimum Gasteiger partial charge on any atom is -0.454 e. The van der Waals surface area contributed by atoms with Crippen LogP contribution in [0.1, 0.15) is 77.0 Å². The van der Waals surface area contributed by atoms with E-state index in [9.17, 15) is 31.9 Å². The molecule has 0 aromatic rings. The number of aliphatic hydroxyl groups is 1. The van der Waals surface area contributed by atoms with Gasteiger partial charge in [0.1, 0.15) is 16.8 Å². The first-order valence-electron chi connectivity index (χ1n) is 12.3. The van der Waals surface area contributed by atoms with Gasteiger partial charge in [-0.15, -0.1) is 0 Å². The summed E-state index contributed by atoms with van der Waals surface area (Å²) >= 11 is 0. The molecule has 8 aliphatic carbocycles. The van der Waals surface area contributed by atoms with E-state index < -0.39 is 49.9 Å². The molecule has 8 rings (SSSR count). The van der Waals surface area contributed by atoms with Crippen LogP contribution in [0.5, 0.6) is 0 Å². The predicted molar refractivity (Wildman–Crippen MR) is 113 cm³/mol. The van der Waals surface area contributed by atoms with E-state index in [1.54, 1.807) is 0 Å². The van der Waals surface area contributed by atoms with Gasteiger partial charge in [0, 0.05) is 12.8 Å². The van der Waals surface area contributed by atoms with E-state index in [4.69, 9.17) is 18.8 Å². The molecule has 35 heavy (non-hydrogen) atoms. The van der Waals surface area contributed by atoms with E-state index in [0.717, 1.165) is 25.7 Å². The zero-order valence-electron chi connectivity index (χ0n) is 19.2. The van der Waals surface area contributed by atoms with E-state index >= 15 is 0 Å². The molecule has 0 amide bonds. The smallest absolute Gasteiger partial charge is 0.454 e. The van der Waals surface area contributed by atoms with E-state index in [-0.39, 0.29) is 31.1 Å². The van der Waals surface area contributed by atoms with Gasteiger partial charge in [-0.05, 0) is 87.9 Å². The SMILES string of the molecule is O=C(OC12CC3CC(CC(O)(C3)C1)C2)OC12CC3CC(C1)CC(OC(=O)C(F)(F)S(=O)(=O)O)(C3)C2. The molecule has 0 aromatic heterocycles. The fraction of sp³-hybridized carbons (Fsp3) is 0.913. The second-order valence-electron chi connectivity index (χ2n) is 12.5. The molecule has 4 atom stereocenters. The number of alkyl halides is 2. The van der Waals surface area contributed by atoms with Crippen molar-refractivity contribution in [1.29, 1.82) is 0 Å². The van der Waals surface area contributed by atoms with Crippen molar-refractivity contribution in [2.24, 2.45) is 23.7 Å². The highest BCUT2D eigenvalue weighted by Gasteiger charge is 2.65. The quantitative estimate of drug-likeness (QED) is 0.413. The first kappa shape index (κ1) is 23.8. The van der Waals surface area contributed by atoms with E-state index in [1.165, 1.54) is 0 Å². The number of hydrogen-bond donors (Lipinski definition) is 2. The van der Waals surface area contributed by atoms with Gasteiger partial charge in [-0.3, -0.25) is 4.55 Å². The number of rotatable bonds is 5. The minimum atomic E-state index is -5.98. The van der Waals surface area contributed by atoms with Crippen molar-refractivity contribution in [2.45, 2.75) is 105 Å². The van der Waals surface area contributed by atoms with Crippen LogP contribution in [-0.4, -0.2) is 57.9 Å². The minimum absolute atomic E-state index is 0.0302. The standard InChI is InChI=1S/C23H30F2O9S/c24-23(25,35(29,30)31)17(26)32-21-7-15-2-16(8-21)10-22(9-15,12-21)34-18(27)33-20-5-13-1-14(6-20)4-19(28,3-13)11-20/h13-16,28H,1-12H2,(H,29,30,31). The average Bonchev–Trinajstić information content (AvgIpc) is 2.62. The summed E-state index contributed by atoms with van der Waals surface area (Å²) in [6.45, 7) is 0.